The summed E-state index contributed by atoms with van der Waals surface area (Å²) in [5.74, 6) is -1.12. The fourth-order valence-corrected chi connectivity index (χ4v) is 3.70. The monoisotopic (exact) mass is 374 g/mol. The molecular formula is C18H18N2O5S. The van der Waals surface area contributed by atoms with Gasteiger partial charge >= 0.3 is 11.0 Å². The van der Waals surface area contributed by atoms with Gasteiger partial charge in [0, 0.05) is 6.07 Å². The lowest BCUT2D eigenvalue weighted by molar-refractivity contribution is -0.380. The molecule has 1 aliphatic carbocycles. The zero-order chi connectivity index (χ0) is 18.7. The highest BCUT2D eigenvalue weighted by atomic mass is 32.1. The summed E-state index contributed by atoms with van der Waals surface area (Å²) in [6.45, 7) is 1.49. The van der Waals surface area contributed by atoms with E-state index < -0.39 is 17.0 Å². The minimum absolute atomic E-state index is 0.0966. The van der Waals surface area contributed by atoms with Gasteiger partial charge in [-0.25, -0.2) is 4.79 Å². The van der Waals surface area contributed by atoms with Crippen LogP contribution in [-0.4, -0.2) is 22.9 Å². The van der Waals surface area contributed by atoms with Gasteiger partial charge in [0.2, 0.25) is 0 Å². The van der Waals surface area contributed by atoms with Crippen LogP contribution >= 0.6 is 11.3 Å². The van der Waals surface area contributed by atoms with E-state index in [0.29, 0.717) is 0 Å². The normalized spacial score (nSPS) is 17.0. The summed E-state index contributed by atoms with van der Waals surface area (Å²) in [4.78, 5) is 34.7. The number of ether oxygens (including phenoxy) is 1. The number of nitro groups is 1. The van der Waals surface area contributed by atoms with Crippen molar-refractivity contribution >= 4 is 28.2 Å². The van der Waals surface area contributed by atoms with Crippen LogP contribution in [0.1, 0.15) is 46.6 Å². The number of rotatable bonds is 5. The first-order valence-electron chi connectivity index (χ1n) is 8.29. The Labute approximate surface area is 154 Å². The summed E-state index contributed by atoms with van der Waals surface area (Å²) >= 11 is 0.724. The first-order valence-corrected chi connectivity index (χ1v) is 9.10. The Bertz CT molecular complexity index is 848. The molecule has 0 aliphatic heterocycles. The second-order valence-electron chi connectivity index (χ2n) is 6.09. The highest BCUT2D eigenvalue weighted by Crippen LogP contribution is 2.29. The number of hydrogen-bond donors (Lipinski definition) is 1. The van der Waals surface area contributed by atoms with Gasteiger partial charge in [0.25, 0.3) is 5.91 Å². The van der Waals surface area contributed by atoms with E-state index in [9.17, 15) is 19.7 Å². The molecule has 3 rings (SSSR count). The summed E-state index contributed by atoms with van der Waals surface area (Å²) in [6, 6.07) is 10.4. The fraction of sp³-hybridized carbons (Fsp3) is 0.333. The molecule has 1 aromatic heterocycles. The van der Waals surface area contributed by atoms with Gasteiger partial charge < -0.3 is 10.1 Å². The number of nitrogens with one attached hydrogen (secondary N) is 1. The molecule has 1 aromatic carbocycles. The van der Waals surface area contributed by atoms with Crippen molar-refractivity contribution in [1.29, 1.82) is 0 Å². The summed E-state index contributed by atoms with van der Waals surface area (Å²) in [7, 11) is 0. The van der Waals surface area contributed by atoms with E-state index in [4.69, 9.17) is 4.74 Å². The van der Waals surface area contributed by atoms with E-state index in [0.717, 1.165) is 36.2 Å². The molecule has 1 N–H and O–H groups in total. The van der Waals surface area contributed by atoms with Crippen LogP contribution in [0.15, 0.2) is 36.4 Å². The van der Waals surface area contributed by atoms with E-state index in [1.165, 1.54) is 24.6 Å². The SMILES string of the molecule is C[C@@H](OC(=O)c1ccc([N+](=O)[O-])s1)C(=O)N[C@@H]1CCCc2ccccc21. The Morgan fingerprint density at radius 2 is 2.08 bits per heavy atom. The van der Waals surface area contributed by atoms with Gasteiger partial charge in [0.15, 0.2) is 6.10 Å². The number of fused-ring (bicyclic) bond motifs is 1. The van der Waals surface area contributed by atoms with Gasteiger partial charge in [-0.15, -0.1) is 0 Å². The first-order chi connectivity index (χ1) is 12.5. The van der Waals surface area contributed by atoms with Crippen molar-refractivity contribution in [1.82, 2.24) is 5.32 Å². The summed E-state index contributed by atoms with van der Waals surface area (Å²) in [5.41, 5.74) is 2.32. The summed E-state index contributed by atoms with van der Waals surface area (Å²) in [5, 5.41) is 13.5. The van der Waals surface area contributed by atoms with Gasteiger partial charge in [-0.2, -0.15) is 0 Å². The van der Waals surface area contributed by atoms with Crippen molar-refractivity contribution in [2.24, 2.45) is 0 Å². The third-order valence-electron chi connectivity index (χ3n) is 4.31. The van der Waals surface area contributed by atoms with E-state index in [1.807, 2.05) is 18.2 Å². The van der Waals surface area contributed by atoms with Crippen molar-refractivity contribution in [2.75, 3.05) is 0 Å². The van der Waals surface area contributed by atoms with Crippen molar-refractivity contribution in [3.05, 3.63) is 62.5 Å². The molecule has 1 heterocycles. The van der Waals surface area contributed by atoms with Crippen LogP contribution in [-0.2, 0) is 16.0 Å². The predicted molar refractivity (Wildman–Crippen MR) is 96.1 cm³/mol. The number of esters is 1. The molecule has 26 heavy (non-hydrogen) atoms. The largest absolute Gasteiger partial charge is 0.448 e. The Balaban J connectivity index is 1.61. The van der Waals surface area contributed by atoms with Crippen LogP contribution in [0.3, 0.4) is 0 Å². The van der Waals surface area contributed by atoms with Crippen molar-refractivity contribution < 1.29 is 19.2 Å². The van der Waals surface area contributed by atoms with Crippen LogP contribution < -0.4 is 5.32 Å². The first kappa shape index (κ1) is 18.1. The number of carbonyl (C=O) groups is 2. The summed E-state index contributed by atoms with van der Waals surface area (Å²) in [6.07, 6.45) is 1.82. The highest BCUT2D eigenvalue weighted by molar-refractivity contribution is 7.17. The zero-order valence-electron chi connectivity index (χ0n) is 14.1. The standard InChI is InChI=1S/C18H18N2O5S/c1-11(25-18(22)15-9-10-16(26-15)20(23)24)17(21)19-14-8-4-6-12-5-2-3-7-13(12)14/h2-3,5,7,9-11,14H,4,6,8H2,1H3,(H,19,21)/t11-,14-/m1/s1. The Kier molecular flexibility index (Phi) is 5.32. The minimum Gasteiger partial charge on any atom is -0.448 e. The highest BCUT2D eigenvalue weighted by Gasteiger charge is 2.26. The zero-order valence-corrected chi connectivity index (χ0v) is 15.0. The van der Waals surface area contributed by atoms with Crippen molar-refractivity contribution in [3.63, 3.8) is 0 Å². The molecule has 0 unspecified atom stereocenters. The molecule has 1 aliphatic rings. The van der Waals surface area contributed by atoms with Crippen LogP contribution in [0.25, 0.3) is 0 Å². The maximum Gasteiger partial charge on any atom is 0.349 e. The molecule has 8 heteroatoms. The molecule has 2 aromatic rings. The predicted octanol–water partition coefficient (Wildman–Crippen LogP) is 3.40. The van der Waals surface area contributed by atoms with Gasteiger partial charge in [0.05, 0.1) is 11.0 Å². The molecule has 0 bridgehead atoms. The molecule has 0 radical (unpaired) electrons. The van der Waals surface area contributed by atoms with E-state index in [2.05, 4.69) is 11.4 Å². The number of nitrogens with zero attached hydrogens (tertiary/aromatic N) is 1. The number of amides is 1. The molecule has 0 saturated heterocycles. The van der Waals surface area contributed by atoms with Crippen molar-refractivity contribution in [3.8, 4) is 0 Å². The number of aryl methyl sites for hydroxylation is 1. The lowest BCUT2D eigenvalue weighted by Crippen LogP contribution is -2.39. The number of carbonyl (C=O) groups excluding carboxylic acids is 2. The van der Waals surface area contributed by atoms with E-state index in [-0.39, 0.29) is 21.8 Å². The topological polar surface area (TPSA) is 98.5 Å². The van der Waals surface area contributed by atoms with Gasteiger partial charge in [0.1, 0.15) is 4.88 Å². The molecule has 2 atom stereocenters. The van der Waals surface area contributed by atoms with Gasteiger partial charge in [-0.05, 0) is 43.4 Å². The smallest absolute Gasteiger partial charge is 0.349 e. The van der Waals surface area contributed by atoms with Crippen LogP contribution in [0.2, 0.25) is 0 Å². The van der Waals surface area contributed by atoms with E-state index in [1.54, 1.807) is 0 Å². The Morgan fingerprint density at radius 1 is 1.31 bits per heavy atom. The quantitative estimate of drug-likeness (QED) is 0.491. The molecule has 0 fully saturated rings. The third kappa shape index (κ3) is 3.91. The number of benzene rings is 1. The van der Waals surface area contributed by atoms with Gasteiger partial charge in [-0.1, -0.05) is 35.6 Å². The number of thiophene rings is 1. The lowest BCUT2D eigenvalue weighted by Gasteiger charge is -2.27. The lowest BCUT2D eigenvalue weighted by atomic mass is 9.87. The van der Waals surface area contributed by atoms with Crippen LogP contribution in [0.4, 0.5) is 5.00 Å². The second kappa shape index (κ2) is 7.65. The number of hydrogen-bond acceptors (Lipinski definition) is 6. The molecule has 1 amide bonds. The Hall–Kier alpha value is -2.74. The third-order valence-corrected chi connectivity index (χ3v) is 5.33. The molecule has 7 nitrogen and oxygen atoms in total. The second-order valence-corrected chi connectivity index (χ2v) is 7.16. The maximum atomic E-state index is 12.4. The molecular weight excluding hydrogens is 356 g/mol. The minimum atomic E-state index is -0.988. The summed E-state index contributed by atoms with van der Waals surface area (Å²) < 4.78 is 5.16. The van der Waals surface area contributed by atoms with Gasteiger partial charge in [-0.3, -0.25) is 14.9 Å². The average molecular weight is 374 g/mol. The molecule has 136 valence electrons. The molecule has 0 saturated carbocycles. The Morgan fingerprint density at radius 3 is 2.81 bits per heavy atom. The van der Waals surface area contributed by atoms with E-state index >= 15 is 0 Å². The fourth-order valence-electron chi connectivity index (χ4n) is 3.00. The maximum absolute atomic E-state index is 12.4. The average Bonchev–Trinajstić information content (AvgIpc) is 3.12. The van der Waals surface area contributed by atoms with Crippen molar-refractivity contribution in [2.45, 2.75) is 38.3 Å². The van der Waals surface area contributed by atoms with Crippen LogP contribution in [0, 0.1) is 10.1 Å². The molecule has 0 spiro atoms. The van der Waals surface area contributed by atoms with Crippen LogP contribution in [0.5, 0.6) is 0 Å².